The first kappa shape index (κ1) is 12.6. The van der Waals surface area contributed by atoms with Gasteiger partial charge in [0.1, 0.15) is 0 Å². The number of anilines is 2. The average Bonchev–Trinajstić information content (AvgIpc) is 2.41. The molecule has 1 saturated heterocycles. The summed E-state index contributed by atoms with van der Waals surface area (Å²) in [5.74, 6) is 0.0337. The van der Waals surface area contributed by atoms with E-state index < -0.39 is 5.97 Å². The second-order valence-electron chi connectivity index (χ2n) is 4.18. The SMILES string of the molecule is COC(=O)c1ccc(N)c(NC2CCCOC2)n1. The number of carbonyl (C=O) groups is 1. The molecule has 98 valence electrons. The van der Waals surface area contributed by atoms with Crippen LogP contribution >= 0.6 is 0 Å². The predicted octanol–water partition coefficient (Wildman–Crippen LogP) is 1.04. The first-order valence-corrected chi connectivity index (χ1v) is 5.90. The number of ether oxygens (including phenoxy) is 2. The smallest absolute Gasteiger partial charge is 0.356 e. The molecule has 3 N–H and O–H groups in total. The number of aromatic nitrogens is 1. The lowest BCUT2D eigenvalue weighted by atomic mass is 10.1. The van der Waals surface area contributed by atoms with Crippen molar-refractivity contribution in [2.75, 3.05) is 31.4 Å². The van der Waals surface area contributed by atoms with Crippen molar-refractivity contribution in [1.29, 1.82) is 0 Å². The number of methoxy groups -OCH3 is 1. The van der Waals surface area contributed by atoms with Crippen LogP contribution in [0.2, 0.25) is 0 Å². The minimum atomic E-state index is -0.474. The zero-order valence-electron chi connectivity index (χ0n) is 10.3. The zero-order valence-corrected chi connectivity index (χ0v) is 10.3. The highest BCUT2D eigenvalue weighted by Crippen LogP contribution is 2.19. The van der Waals surface area contributed by atoms with Gasteiger partial charge in [-0.25, -0.2) is 9.78 Å². The number of rotatable bonds is 3. The van der Waals surface area contributed by atoms with Gasteiger partial charge in [-0.05, 0) is 25.0 Å². The summed E-state index contributed by atoms with van der Waals surface area (Å²) >= 11 is 0. The molecule has 0 amide bonds. The van der Waals surface area contributed by atoms with E-state index >= 15 is 0 Å². The molecule has 0 aliphatic carbocycles. The van der Waals surface area contributed by atoms with Gasteiger partial charge in [-0.1, -0.05) is 0 Å². The molecule has 18 heavy (non-hydrogen) atoms. The van der Waals surface area contributed by atoms with Crippen LogP contribution in [0, 0.1) is 0 Å². The summed E-state index contributed by atoms with van der Waals surface area (Å²) in [6.45, 7) is 1.42. The highest BCUT2D eigenvalue weighted by molar-refractivity contribution is 5.88. The summed E-state index contributed by atoms with van der Waals surface area (Å²) in [4.78, 5) is 15.6. The molecule has 1 aromatic heterocycles. The van der Waals surface area contributed by atoms with E-state index in [-0.39, 0.29) is 11.7 Å². The van der Waals surface area contributed by atoms with Gasteiger partial charge in [0.15, 0.2) is 11.5 Å². The van der Waals surface area contributed by atoms with Gasteiger partial charge < -0.3 is 20.5 Å². The van der Waals surface area contributed by atoms with Crippen LogP contribution in [0.15, 0.2) is 12.1 Å². The molecular formula is C12H17N3O3. The second kappa shape index (κ2) is 5.68. The summed E-state index contributed by atoms with van der Waals surface area (Å²) in [6.07, 6.45) is 2.01. The Labute approximate surface area is 105 Å². The van der Waals surface area contributed by atoms with Crippen LogP contribution in [-0.4, -0.2) is 37.3 Å². The number of nitrogen functional groups attached to an aromatic ring is 1. The molecule has 2 rings (SSSR count). The maximum absolute atomic E-state index is 11.4. The van der Waals surface area contributed by atoms with Crippen molar-refractivity contribution < 1.29 is 14.3 Å². The van der Waals surface area contributed by atoms with Crippen molar-refractivity contribution in [3.63, 3.8) is 0 Å². The molecule has 6 nitrogen and oxygen atoms in total. The molecule has 0 aromatic carbocycles. The molecule has 0 spiro atoms. The van der Waals surface area contributed by atoms with Gasteiger partial charge in [0.2, 0.25) is 0 Å². The highest BCUT2D eigenvalue weighted by atomic mass is 16.5. The first-order valence-electron chi connectivity index (χ1n) is 5.90. The summed E-state index contributed by atoms with van der Waals surface area (Å²) < 4.78 is 10.00. The monoisotopic (exact) mass is 251 g/mol. The van der Waals surface area contributed by atoms with Crippen molar-refractivity contribution >= 4 is 17.5 Å². The number of hydrogen-bond donors (Lipinski definition) is 2. The van der Waals surface area contributed by atoms with Crippen LogP contribution in [0.1, 0.15) is 23.3 Å². The number of esters is 1. The van der Waals surface area contributed by atoms with Crippen LogP contribution in [0.3, 0.4) is 0 Å². The first-order chi connectivity index (χ1) is 8.70. The van der Waals surface area contributed by atoms with E-state index in [9.17, 15) is 4.79 Å². The van der Waals surface area contributed by atoms with Crippen LogP contribution < -0.4 is 11.1 Å². The summed E-state index contributed by atoms with van der Waals surface area (Å²) in [6, 6.07) is 3.37. The second-order valence-corrected chi connectivity index (χ2v) is 4.18. The maximum atomic E-state index is 11.4. The fourth-order valence-electron chi connectivity index (χ4n) is 1.85. The van der Waals surface area contributed by atoms with Crippen molar-refractivity contribution in [3.8, 4) is 0 Å². The fraction of sp³-hybridized carbons (Fsp3) is 0.500. The Kier molecular flexibility index (Phi) is 3.99. The van der Waals surface area contributed by atoms with E-state index in [2.05, 4.69) is 15.0 Å². The third-order valence-corrected chi connectivity index (χ3v) is 2.82. The minimum absolute atomic E-state index is 0.182. The van der Waals surface area contributed by atoms with E-state index in [1.807, 2.05) is 0 Å². The molecule has 1 aromatic rings. The molecule has 0 bridgehead atoms. The number of nitrogens with zero attached hydrogens (tertiary/aromatic N) is 1. The van der Waals surface area contributed by atoms with Gasteiger partial charge in [0, 0.05) is 6.61 Å². The largest absolute Gasteiger partial charge is 0.464 e. The van der Waals surface area contributed by atoms with Gasteiger partial charge >= 0.3 is 5.97 Å². The quantitative estimate of drug-likeness (QED) is 0.781. The van der Waals surface area contributed by atoms with Gasteiger partial charge in [-0.15, -0.1) is 0 Å². The van der Waals surface area contributed by atoms with Gasteiger partial charge in [0.05, 0.1) is 25.4 Å². The number of pyridine rings is 1. The van der Waals surface area contributed by atoms with Crippen molar-refractivity contribution in [2.24, 2.45) is 0 Å². The molecular weight excluding hydrogens is 234 g/mol. The van der Waals surface area contributed by atoms with Crippen molar-refractivity contribution in [1.82, 2.24) is 4.98 Å². The average molecular weight is 251 g/mol. The molecule has 6 heteroatoms. The van der Waals surface area contributed by atoms with E-state index in [0.717, 1.165) is 19.4 Å². The molecule has 2 heterocycles. The van der Waals surface area contributed by atoms with Gasteiger partial charge in [-0.3, -0.25) is 0 Å². The minimum Gasteiger partial charge on any atom is -0.464 e. The maximum Gasteiger partial charge on any atom is 0.356 e. The van der Waals surface area contributed by atoms with Crippen LogP contribution in [-0.2, 0) is 9.47 Å². The Balaban J connectivity index is 2.12. The lowest BCUT2D eigenvalue weighted by Crippen LogP contribution is -2.30. The normalized spacial score (nSPS) is 19.3. The topological polar surface area (TPSA) is 86.5 Å². The standard InChI is InChI=1S/C12H17N3O3/c1-17-12(16)10-5-4-9(13)11(15-10)14-8-3-2-6-18-7-8/h4-5,8H,2-3,6-7,13H2,1H3,(H,14,15). The zero-order chi connectivity index (χ0) is 13.0. The summed E-state index contributed by atoms with van der Waals surface area (Å²) in [5.41, 5.74) is 6.58. The molecule has 1 unspecified atom stereocenters. The van der Waals surface area contributed by atoms with Crippen molar-refractivity contribution in [2.45, 2.75) is 18.9 Å². The highest BCUT2D eigenvalue weighted by Gasteiger charge is 2.16. The number of carbonyl (C=O) groups excluding carboxylic acids is 1. The van der Waals surface area contributed by atoms with Crippen LogP contribution in [0.5, 0.6) is 0 Å². The van der Waals surface area contributed by atoms with Crippen LogP contribution in [0.25, 0.3) is 0 Å². The summed E-state index contributed by atoms with van der Waals surface area (Å²) in [5, 5.41) is 3.20. The van der Waals surface area contributed by atoms with Crippen molar-refractivity contribution in [3.05, 3.63) is 17.8 Å². The Bertz CT molecular complexity index is 431. The van der Waals surface area contributed by atoms with E-state index in [1.165, 1.54) is 7.11 Å². The lowest BCUT2D eigenvalue weighted by molar-refractivity contribution is 0.0594. The number of nitrogens with one attached hydrogen (secondary N) is 1. The Hall–Kier alpha value is -1.82. The lowest BCUT2D eigenvalue weighted by Gasteiger charge is -2.24. The van der Waals surface area contributed by atoms with Gasteiger partial charge in [0.25, 0.3) is 0 Å². The van der Waals surface area contributed by atoms with Crippen LogP contribution in [0.4, 0.5) is 11.5 Å². The number of nitrogens with two attached hydrogens (primary N) is 1. The molecule has 0 saturated carbocycles. The number of hydrogen-bond acceptors (Lipinski definition) is 6. The molecule has 1 fully saturated rings. The molecule has 1 aliphatic rings. The van der Waals surface area contributed by atoms with Gasteiger partial charge in [-0.2, -0.15) is 0 Å². The molecule has 1 atom stereocenters. The Morgan fingerprint density at radius 2 is 2.44 bits per heavy atom. The van der Waals surface area contributed by atoms with E-state index in [1.54, 1.807) is 12.1 Å². The summed E-state index contributed by atoms with van der Waals surface area (Å²) in [7, 11) is 1.32. The Morgan fingerprint density at radius 3 is 3.11 bits per heavy atom. The third kappa shape index (κ3) is 2.89. The van der Waals surface area contributed by atoms with E-state index in [4.69, 9.17) is 10.5 Å². The van der Waals surface area contributed by atoms with E-state index in [0.29, 0.717) is 18.1 Å². The predicted molar refractivity (Wildman–Crippen MR) is 67.5 cm³/mol. The Morgan fingerprint density at radius 1 is 1.61 bits per heavy atom. The fourth-order valence-corrected chi connectivity index (χ4v) is 1.85. The molecule has 0 radical (unpaired) electrons. The third-order valence-electron chi connectivity index (χ3n) is 2.82. The molecule has 1 aliphatic heterocycles.